The van der Waals surface area contributed by atoms with Gasteiger partial charge in [0, 0.05) is 11.6 Å². The molecular weight excluding hydrogens is 318 g/mol. The zero-order valence-electron chi connectivity index (χ0n) is 14.6. The molecule has 0 aliphatic heterocycles. The Bertz CT molecular complexity index is 761. The largest absolute Gasteiger partial charge is 0.441 e. The Balaban J connectivity index is 1.57. The third-order valence-corrected chi connectivity index (χ3v) is 4.22. The number of hydrogen-bond donors (Lipinski definition) is 2. The second-order valence-corrected chi connectivity index (χ2v) is 6.37. The first-order valence-corrected chi connectivity index (χ1v) is 8.67. The minimum atomic E-state index is -0.241. The van der Waals surface area contributed by atoms with E-state index in [1.807, 2.05) is 24.3 Å². The van der Waals surface area contributed by atoms with Gasteiger partial charge in [-0.2, -0.15) is 0 Å². The molecule has 2 N–H and O–H groups in total. The van der Waals surface area contributed by atoms with Gasteiger partial charge in [0.15, 0.2) is 0 Å². The van der Waals surface area contributed by atoms with Gasteiger partial charge >= 0.3 is 0 Å². The summed E-state index contributed by atoms with van der Waals surface area (Å²) >= 11 is 0. The molecule has 0 saturated heterocycles. The van der Waals surface area contributed by atoms with Crippen molar-refractivity contribution in [2.45, 2.75) is 45.6 Å². The fraction of sp³-hybridized carbons (Fsp3) is 0.421. The Morgan fingerprint density at radius 2 is 1.92 bits per heavy atom. The highest BCUT2D eigenvalue weighted by atomic mass is 16.4. The Morgan fingerprint density at radius 1 is 1.20 bits per heavy atom. The fourth-order valence-corrected chi connectivity index (χ4v) is 2.50. The van der Waals surface area contributed by atoms with Crippen LogP contribution >= 0.6 is 0 Å². The number of carbonyl (C=O) groups is 2. The Kier molecular flexibility index (Phi) is 5.16. The summed E-state index contributed by atoms with van der Waals surface area (Å²) in [5, 5.41) is 5.45. The first-order valence-electron chi connectivity index (χ1n) is 8.67. The van der Waals surface area contributed by atoms with E-state index in [1.165, 1.54) is 5.56 Å². The number of hydrogen-bond acceptors (Lipinski definition) is 4. The van der Waals surface area contributed by atoms with E-state index < -0.39 is 0 Å². The average molecular weight is 341 g/mol. The Labute approximate surface area is 147 Å². The van der Waals surface area contributed by atoms with Crippen molar-refractivity contribution in [3.8, 4) is 11.5 Å². The van der Waals surface area contributed by atoms with E-state index in [0.29, 0.717) is 23.4 Å². The van der Waals surface area contributed by atoms with E-state index in [9.17, 15) is 9.59 Å². The third-order valence-electron chi connectivity index (χ3n) is 4.22. The summed E-state index contributed by atoms with van der Waals surface area (Å²) in [6, 6.07) is 8.31. The standard InChI is InChI=1S/C19H23N3O3/c1-3-13-4-6-14(7-5-13)19-22-16(12(2)25-19)10-17(23)20-11-18(24)21-15-8-9-15/h4-7,15H,3,8-11H2,1-2H3,(H,20,23)(H,21,24). The summed E-state index contributed by atoms with van der Waals surface area (Å²) in [6.45, 7) is 3.89. The van der Waals surface area contributed by atoms with Gasteiger partial charge in [-0.3, -0.25) is 9.59 Å². The molecule has 1 aliphatic rings. The van der Waals surface area contributed by atoms with Gasteiger partial charge in [-0.05, 0) is 43.9 Å². The number of nitrogens with one attached hydrogen (secondary N) is 2. The maximum atomic E-state index is 12.0. The lowest BCUT2D eigenvalue weighted by molar-refractivity contribution is -0.125. The number of aromatic nitrogens is 1. The van der Waals surface area contributed by atoms with Crippen molar-refractivity contribution < 1.29 is 14.0 Å². The predicted molar refractivity (Wildman–Crippen MR) is 93.9 cm³/mol. The van der Waals surface area contributed by atoms with Crippen molar-refractivity contribution in [1.29, 1.82) is 0 Å². The molecule has 3 rings (SSSR count). The molecule has 0 bridgehead atoms. The highest BCUT2D eigenvalue weighted by molar-refractivity contribution is 5.85. The van der Waals surface area contributed by atoms with Crippen LogP contribution in [0.5, 0.6) is 0 Å². The van der Waals surface area contributed by atoms with E-state index in [-0.39, 0.29) is 24.8 Å². The predicted octanol–water partition coefficient (Wildman–Crippen LogP) is 2.15. The molecule has 132 valence electrons. The summed E-state index contributed by atoms with van der Waals surface area (Å²) in [7, 11) is 0. The maximum absolute atomic E-state index is 12.0. The van der Waals surface area contributed by atoms with Crippen LogP contribution in [-0.4, -0.2) is 29.4 Å². The minimum Gasteiger partial charge on any atom is -0.441 e. The number of carbonyl (C=O) groups excluding carboxylic acids is 2. The van der Waals surface area contributed by atoms with E-state index in [0.717, 1.165) is 24.8 Å². The average Bonchev–Trinajstić information content (AvgIpc) is 3.35. The van der Waals surface area contributed by atoms with Crippen molar-refractivity contribution in [2.24, 2.45) is 0 Å². The van der Waals surface area contributed by atoms with E-state index in [2.05, 4.69) is 22.5 Å². The summed E-state index contributed by atoms with van der Waals surface area (Å²) in [4.78, 5) is 28.1. The fourth-order valence-electron chi connectivity index (χ4n) is 2.50. The van der Waals surface area contributed by atoms with E-state index >= 15 is 0 Å². The molecule has 25 heavy (non-hydrogen) atoms. The molecule has 6 heteroatoms. The van der Waals surface area contributed by atoms with Crippen LogP contribution in [-0.2, 0) is 22.4 Å². The SMILES string of the molecule is CCc1ccc(-c2nc(CC(=O)NCC(=O)NC3CC3)c(C)o2)cc1. The molecular formula is C19H23N3O3. The van der Waals surface area contributed by atoms with Crippen molar-refractivity contribution in [2.75, 3.05) is 6.54 Å². The van der Waals surface area contributed by atoms with Gasteiger partial charge < -0.3 is 15.1 Å². The van der Waals surface area contributed by atoms with Crippen LogP contribution in [0.25, 0.3) is 11.5 Å². The van der Waals surface area contributed by atoms with E-state index in [1.54, 1.807) is 6.92 Å². The number of benzene rings is 1. The summed E-state index contributed by atoms with van der Waals surface area (Å²) in [6.07, 6.45) is 3.13. The molecule has 6 nitrogen and oxygen atoms in total. The first kappa shape index (κ1) is 17.2. The molecule has 1 saturated carbocycles. The lowest BCUT2D eigenvalue weighted by Gasteiger charge is -2.05. The van der Waals surface area contributed by atoms with Gasteiger partial charge in [-0.25, -0.2) is 4.98 Å². The van der Waals surface area contributed by atoms with Crippen molar-refractivity contribution >= 4 is 11.8 Å². The minimum absolute atomic E-state index is 0.00241. The van der Waals surface area contributed by atoms with Crippen molar-refractivity contribution in [3.63, 3.8) is 0 Å². The first-order chi connectivity index (χ1) is 12.0. The topological polar surface area (TPSA) is 84.2 Å². The van der Waals surface area contributed by atoms with Gasteiger partial charge in [0.2, 0.25) is 17.7 Å². The number of rotatable bonds is 7. The molecule has 0 spiro atoms. The smallest absolute Gasteiger partial charge is 0.239 e. The van der Waals surface area contributed by atoms with Gasteiger partial charge in [0.1, 0.15) is 5.76 Å². The van der Waals surface area contributed by atoms with Gasteiger partial charge in [0.05, 0.1) is 18.7 Å². The van der Waals surface area contributed by atoms with Crippen LogP contribution in [0, 0.1) is 6.92 Å². The molecule has 2 aromatic rings. The molecule has 1 aromatic heterocycles. The number of oxazole rings is 1. The normalized spacial score (nSPS) is 13.5. The molecule has 1 fully saturated rings. The molecule has 0 atom stereocenters. The van der Waals surface area contributed by atoms with Crippen LogP contribution in [0.15, 0.2) is 28.7 Å². The third kappa shape index (κ3) is 4.68. The second-order valence-electron chi connectivity index (χ2n) is 6.37. The Morgan fingerprint density at radius 3 is 2.56 bits per heavy atom. The van der Waals surface area contributed by atoms with Gasteiger partial charge in [-0.15, -0.1) is 0 Å². The number of aryl methyl sites for hydroxylation is 2. The Hall–Kier alpha value is -2.63. The second kappa shape index (κ2) is 7.51. The maximum Gasteiger partial charge on any atom is 0.239 e. The zero-order valence-corrected chi connectivity index (χ0v) is 14.6. The molecule has 0 radical (unpaired) electrons. The van der Waals surface area contributed by atoms with Crippen LogP contribution < -0.4 is 10.6 Å². The molecule has 1 aromatic carbocycles. The zero-order chi connectivity index (χ0) is 17.8. The van der Waals surface area contributed by atoms with Crippen molar-refractivity contribution in [3.05, 3.63) is 41.3 Å². The number of nitrogens with zero attached hydrogens (tertiary/aromatic N) is 1. The van der Waals surface area contributed by atoms with E-state index in [4.69, 9.17) is 4.42 Å². The number of amides is 2. The highest BCUT2D eigenvalue weighted by Gasteiger charge is 2.23. The van der Waals surface area contributed by atoms with Crippen LogP contribution in [0.4, 0.5) is 0 Å². The lowest BCUT2D eigenvalue weighted by atomic mass is 10.1. The van der Waals surface area contributed by atoms with Crippen LogP contribution in [0.3, 0.4) is 0 Å². The molecule has 0 unspecified atom stereocenters. The molecule has 1 heterocycles. The monoisotopic (exact) mass is 341 g/mol. The molecule has 1 aliphatic carbocycles. The quantitative estimate of drug-likeness (QED) is 0.808. The summed E-state index contributed by atoms with van der Waals surface area (Å²) < 4.78 is 5.69. The van der Waals surface area contributed by atoms with Gasteiger partial charge in [-0.1, -0.05) is 19.1 Å². The summed E-state index contributed by atoms with van der Waals surface area (Å²) in [5.74, 6) is 0.737. The van der Waals surface area contributed by atoms with Crippen LogP contribution in [0.1, 0.15) is 36.8 Å². The molecule has 2 amide bonds. The summed E-state index contributed by atoms with van der Waals surface area (Å²) in [5.41, 5.74) is 2.72. The lowest BCUT2D eigenvalue weighted by Crippen LogP contribution is -2.38. The highest BCUT2D eigenvalue weighted by Crippen LogP contribution is 2.22. The van der Waals surface area contributed by atoms with Crippen molar-refractivity contribution in [1.82, 2.24) is 15.6 Å². The van der Waals surface area contributed by atoms with Crippen LogP contribution in [0.2, 0.25) is 0 Å². The van der Waals surface area contributed by atoms with Gasteiger partial charge in [0.25, 0.3) is 0 Å².